The van der Waals surface area contributed by atoms with E-state index in [0.29, 0.717) is 29.1 Å². The van der Waals surface area contributed by atoms with Crippen LogP contribution in [-0.4, -0.2) is 37.0 Å². The maximum Gasteiger partial charge on any atom is 0.321 e. The summed E-state index contributed by atoms with van der Waals surface area (Å²) in [5.41, 5.74) is 0.829. The van der Waals surface area contributed by atoms with Crippen LogP contribution in [-0.2, 0) is 11.3 Å². The second kappa shape index (κ2) is 9.75. The minimum atomic E-state index is -0.468. The predicted octanol–water partition coefficient (Wildman–Crippen LogP) is 3.30. The molecule has 0 fully saturated rings. The number of imide groups is 1. The fourth-order valence-corrected chi connectivity index (χ4v) is 2.33. The minimum Gasteiger partial charge on any atom is -0.338 e. The lowest BCUT2D eigenvalue weighted by Gasteiger charge is -2.17. The quantitative estimate of drug-likeness (QED) is 0.784. The summed E-state index contributed by atoms with van der Waals surface area (Å²) in [5.74, 6) is 0.132. The molecule has 0 aromatic heterocycles. The molecule has 0 aliphatic carbocycles. The van der Waals surface area contributed by atoms with Crippen LogP contribution in [0.25, 0.3) is 0 Å². The molecule has 1 aromatic carbocycles. The van der Waals surface area contributed by atoms with Gasteiger partial charge < -0.3 is 5.32 Å². The number of hydrogen-bond acceptors (Lipinski definition) is 3. The third kappa shape index (κ3) is 7.68. The van der Waals surface area contributed by atoms with E-state index < -0.39 is 6.03 Å². The van der Waals surface area contributed by atoms with E-state index in [9.17, 15) is 9.59 Å². The number of carbonyl (C=O) groups is 2. The lowest BCUT2D eigenvalue weighted by atomic mass is 10.1. The fraction of sp³-hybridized carbons (Fsp3) is 0.500. The SMILES string of the molecule is CC(C)CCNC(=O)NC(=O)CN(C)Cc1cccc(Cl)c1Cl. The van der Waals surface area contributed by atoms with Gasteiger partial charge in [-0.3, -0.25) is 15.0 Å². The van der Waals surface area contributed by atoms with E-state index in [0.717, 1.165) is 12.0 Å². The Balaban J connectivity index is 2.38. The summed E-state index contributed by atoms with van der Waals surface area (Å²) in [4.78, 5) is 25.2. The monoisotopic (exact) mass is 359 g/mol. The Morgan fingerprint density at radius 2 is 1.96 bits per heavy atom. The first-order chi connectivity index (χ1) is 10.8. The van der Waals surface area contributed by atoms with E-state index in [1.54, 1.807) is 24.1 Å². The lowest BCUT2D eigenvalue weighted by molar-refractivity contribution is -0.120. The molecule has 0 heterocycles. The number of nitrogens with one attached hydrogen (secondary N) is 2. The summed E-state index contributed by atoms with van der Waals surface area (Å²) >= 11 is 12.1. The molecule has 0 atom stereocenters. The molecule has 1 rings (SSSR count). The van der Waals surface area contributed by atoms with Crippen molar-refractivity contribution in [2.75, 3.05) is 20.1 Å². The average molecular weight is 360 g/mol. The van der Waals surface area contributed by atoms with E-state index in [4.69, 9.17) is 23.2 Å². The van der Waals surface area contributed by atoms with Crippen molar-refractivity contribution >= 4 is 35.1 Å². The van der Waals surface area contributed by atoms with Gasteiger partial charge in [0, 0.05) is 13.1 Å². The van der Waals surface area contributed by atoms with E-state index in [1.165, 1.54) is 0 Å². The molecule has 23 heavy (non-hydrogen) atoms. The van der Waals surface area contributed by atoms with Crippen molar-refractivity contribution < 1.29 is 9.59 Å². The normalized spacial score (nSPS) is 10.9. The zero-order valence-electron chi connectivity index (χ0n) is 13.7. The first-order valence-electron chi connectivity index (χ1n) is 7.48. The van der Waals surface area contributed by atoms with E-state index in [-0.39, 0.29) is 12.5 Å². The van der Waals surface area contributed by atoms with Crippen LogP contribution in [0.15, 0.2) is 18.2 Å². The average Bonchev–Trinajstić information content (AvgIpc) is 2.43. The third-order valence-electron chi connectivity index (χ3n) is 3.15. The van der Waals surface area contributed by atoms with E-state index in [1.807, 2.05) is 6.07 Å². The van der Waals surface area contributed by atoms with Crippen molar-refractivity contribution in [1.82, 2.24) is 15.5 Å². The number of benzene rings is 1. The summed E-state index contributed by atoms with van der Waals surface area (Å²) in [6.07, 6.45) is 0.870. The van der Waals surface area contributed by atoms with Crippen LogP contribution in [0.2, 0.25) is 10.0 Å². The topological polar surface area (TPSA) is 61.4 Å². The smallest absolute Gasteiger partial charge is 0.321 e. The molecule has 0 spiro atoms. The fourth-order valence-electron chi connectivity index (χ4n) is 1.95. The van der Waals surface area contributed by atoms with Gasteiger partial charge in [-0.25, -0.2) is 4.79 Å². The molecule has 0 unspecified atom stereocenters. The zero-order valence-corrected chi connectivity index (χ0v) is 15.2. The van der Waals surface area contributed by atoms with Crippen LogP contribution in [0.4, 0.5) is 4.79 Å². The number of carbonyl (C=O) groups excluding carboxylic acids is 2. The van der Waals surface area contributed by atoms with Gasteiger partial charge in [0.15, 0.2) is 0 Å². The van der Waals surface area contributed by atoms with Gasteiger partial charge in [0.05, 0.1) is 16.6 Å². The maximum absolute atomic E-state index is 11.8. The summed E-state index contributed by atoms with van der Waals surface area (Å²) < 4.78 is 0. The van der Waals surface area contributed by atoms with Gasteiger partial charge in [-0.05, 0) is 31.0 Å². The second-order valence-corrected chi connectivity index (χ2v) is 6.66. The molecule has 0 radical (unpaired) electrons. The van der Waals surface area contributed by atoms with Gasteiger partial charge in [0.1, 0.15) is 0 Å². The molecule has 3 amide bonds. The van der Waals surface area contributed by atoms with E-state index >= 15 is 0 Å². The summed E-state index contributed by atoms with van der Waals surface area (Å²) in [5, 5.41) is 5.92. The Morgan fingerprint density at radius 1 is 1.26 bits per heavy atom. The molecule has 2 N–H and O–H groups in total. The van der Waals surface area contributed by atoms with Gasteiger partial charge >= 0.3 is 6.03 Å². The number of likely N-dealkylation sites (N-methyl/N-ethyl adjacent to an activating group) is 1. The number of halogens is 2. The first kappa shape index (κ1) is 19.7. The Labute approximate surface area is 147 Å². The van der Waals surface area contributed by atoms with Crippen LogP contribution in [0.3, 0.4) is 0 Å². The molecule has 0 saturated carbocycles. The molecule has 1 aromatic rings. The van der Waals surface area contributed by atoms with Gasteiger partial charge in [-0.1, -0.05) is 49.2 Å². The molecule has 0 bridgehead atoms. The van der Waals surface area contributed by atoms with E-state index in [2.05, 4.69) is 24.5 Å². The summed E-state index contributed by atoms with van der Waals surface area (Å²) in [6.45, 7) is 5.23. The highest BCUT2D eigenvalue weighted by Gasteiger charge is 2.12. The molecule has 0 saturated heterocycles. The molecule has 0 aliphatic rings. The largest absolute Gasteiger partial charge is 0.338 e. The van der Waals surface area contributed by atoms with Crippen molar-refractivity contribution in [2.45, 2.75) is 26.8 Å². The molecule has 7 heteroatoms. The second-order valence-electron chi connectivity index (χ2n) is 5.87. The van der Waals surface area contributed by atoms with Gasteiger partial charge in [-0.2, -0.15) is 0 Å². The minimum absolute atomic E-state index is 0.0838. The van der Waals surface area contributed by atoms with Gasteiger partial charge in [-0.15, -0.1) is 0 Å². The highest BCUT2D eigenvalue weighted by molar-refractivity contribution is 6.42. The molecular formula is C16H23Cl2N3O2. The molecule has 128 valence electrons. The Hall–Kier alpha value is -1.30. The van der Waals surface area contributed by atoms with Crippen LogP contribution in [0, 0.1) is 5.92 Å². The highest BCUT2D eigenvalue weighted by atomic mass is 35.5. The van der Waals surface area contributed by atoms with Crippen LogP contribution in [0.1, 0.15) is 25.8 Å². The summed E-state index contributed by atoms with van der Waals surface area (Å²) in [6, 6.07) is 4.90. The summed E-state index contributed by atoms with van der Waals surface area (Å²) in [7, 11) is 1.77. The maximum atomic E-state index is 11.8. The van der Waals surface area contributed by atoms with Gasteiger partial charge in [0.25, 0.3) is 0 Å². The third-order valence-corrected chi connectivity index (χ3v) is 4.00. The van der Waals surface area contributed by atoms with Crippen molar-refractivity contribution in [3.63, 3.8) is 0 Å². The predicted molar refractivity (Wildman–Crippen MR) is 93.8 cm³/mol. The van der Waals surface area contributed by atoms with Gasteiger partial charge in [0.2, 0.25) is 5.91 Å². The first-order valence-corrected chi connectivity index (χ1v) is 8.24. The molecule has 0 aliphatic heterocycles. The lowest BCUT2D eigenvalue weighted by Crippen LogP contribution is -2.44. The number of amides is 3. The van der Waals surface area contributed by atoms with Crippen LogP contribution >= 0.6 is 23.2 Å². The Morgan fingerprint density at radius 3 is 2.61 bits per heavy atom. The standard InChI is InChI=1S/C16H23Cl2N3O2/c1-11(2)7-8-19-16(23)20-14(22)10-21(3)9-12-5-4-6-13(17)15(12)18/h4-6,11H,7-10H2,1-3H3,(H2,19,20,22,23). The number of urea groups is 1. The number of nitrogens with zero attached hydrogens (tertiary/aromatic N) is 1. The molecular weight excluding hydrogens is 337 g/mol. The van der Waals surface area contributed by atoms with Crippen molar-refractivity contribution in [3.8, 4) is 0 Å². The Kier molecular flexibility index (Phi) is 8.37. The van der Waals surface area contributed by atoms with Crippen molar-refractivity contribution in [2.24, 2.45) is 5.92 Å². The number of rotatable bonds is 7. The Bertz CT molecular complexity index is 550. The molecule has 5 nitrogen and oxygen atoms in total. The zero-order chi connectivity index (χ0) is 17.4. The van der Waals surface area contributed by atoms with Crippen LogP contribution in [0.5, 0.6) is 0 Å². The van der Waals surface area contributed by atoms with Crippen LogP contribution < -0.4 is 10.6 Å². The number of hydrogen-bond donors (Lipinski definition) is 2. The van der Waals surface area contributed by atoms with Crippen molar-refractivity contribution in [3.05, 3.63) is 33.8 Å². The highest BCUT2D eigenvalue weighted by Crippen LogP contribution is 2.26. The van der Waals surface area contributed by atoms with Crippen molar-refractivity contribution in [1.29, 1.82) is 0 Å².